The Hall–Kier alpha value is -3.68. The fraction of sp³-hybridized carbons (Fsp3) is 0.600. The Morgan fingerprint density at radius 3 is 2.60 bits per heavy atom. The van der Waals surface area contributed by atoms with Gasteiger partial charge in [-0.2, -0.15) is 0 Å². The minimum Gasteiger partial charge on any atom is -0.451 e. The highest BCUT2D eigenvalue weighted by atomic mass is 16.7. The normalized spacial score (nSPS) is 19.1. The third-order valence-corrected chi connectivity index (χ3v) is 7.63. The van der Waals surface area contributed by atoms with Crippen molar-refractivity contribution in [1.82, 2.24) is 20.2 Å². The molecule has 236 valence electrons. The second-order valence-electron chi connectivity index (χ2n) is 12.1. The van der Waals surface area contributed by atoms with Gasteiger partial charge >= 0.3 is 6.09 Å². The van der Waals surface area contributed by atoms with Crippen molar-refractivity contribution in [2.45, 2.75) is 83.4 Å². The van der Waals surface area contributed by atoms with Crippen LogP contribution in [0.3, 0.4) is 0 Å². The molecule has 1 saturated carbocycles. The van der Waals surface area contributed by atoms with Crippen molar-refractivity contribution < 1.29 is 34.0 Å². The van der Waals surface area contributed by atoms with E-state index in [1.807, 2.05) is 18.9 Å². The van der Waals surface area contributed by atoms with Crippen LogP contribution in [0.1, 0.15) is 68.4 Å². The molecule has 0 aromatic carbocycles. The molecule has 0 bridgehead atoms. The minimum absolute atomic E-state index is 0.00421. The molecular formula is C30H44N6O7. The molecule has 4 N–H and O–H groups in total. The van der Waals surface area contributed by atoms with Gasteiger partial charge in [-0.3, -0.25) is 9.69 Å². The quantitative estimate of drug-likeness (QED) is 0.281. The molecular weight excluding hydrogens is 556 g/mol. The molecule has 2 aromatic rings. The highest BCUT2D eigenvalue weighted by Crippen LogP contribution is 2.34. The molecule has 1 aliphatic heterocycles. The zero-order valence-electron chi connectivity index (χ0n) is 25.8. The summed E-state index contributed by atoms with van der Waals surface area (Å²) in [5.41, 5.74) is -1.30. The van der Waals surface area contributed by atoms with Crippen LogP contribution < -0.4 is 20.3 Å². The van der Waals surface area contributed by atoms with E-state index >= 15 is 0 Å². The zero-order valence-corrected chi connectivity index (χ0v) is 25.8. The van der Waals surface area contributed by atoms with E-state index in [1.165, 1.54) is 13.3 Å². The molecule has 2 aliphatic rings. The maximum Gasteiger partial charge on any atom is 0.412 e. The summed E-state index contributed by atoms with van der Waals surface area (Å²) in [4.78, 5) is 38.6. The summed E-state index contributed by atoms with van der Waals surface area (Å²) in [6.07, 6.45) is 2.27. The van der Waals surface area contributed by atoms with E-state index in [9.17, 15) is 19.8 Å². The number of nitrogens with one attached hydrogen (secondary N) is 2. The number of aliphatic hydroxyl groups excluding tert-OH is 1. The highest BCUT2D eigenvalue weighted by Gasteiger charge is 2.49. The van der Waals surface area contributed by atoms with E-state index in [1.54, 1.807) is 39.0 Å². The number of aromatic nitrogens is 2. The number of hydrogen-bond acceptors (Lipinski definition) is 11. The number of carbonyl (C=O) groups excluding carboxylic acids is 2. The maximum absolute atomic E-state index is 13.3. The molecule has 0 unspecified atom stereocenters. The van der Waals surface area contributed by atoms with Crippen molar-refractivity contribution in [2.75, 3.05) is 44.3 Å². The minimum atomic E-state index is -2.10. The number of fused-ring (bicyclic) bond motifs is 1. The first-order chi connectivity index (χ1) is 20.3. The first-order valence-electron chi connectivity index (χ1n) is 14.6. The number of ether oxygens (including phenoxy) is 3. The topological polar surface area (TPSA) is 159 Å². The largest absolute Gasteiger partial charge is 0.451 e. The Kier molecular flexibility index (Phi) is 9.98. The van der Waals surface area contributed by atoms with Crippen molar-refractivity contribution in [2.24, 2.45) is 0 Å². The Morgan fingerprint density at radius 1 is 1.23 bits per heavy atom. The van der Waals surface area contributed by atoms with Gasteiger partial charge in [-0.25, -0.2) is 14.8 Å². The third-order valence-electron chi connectivity index (χ3n) is 7.63. The number of anilines is 2. The number of methoxy groups -OCH3 is 1. The molecule has 0 spiro atoms. The summed E-state index contributed by atoms with van der Waals surface area (Å²) in [7, 11) is 3.38. The number of nitrogens with zero attached hydrogens (tertiary/aromatic N) is 4. The first-order valence-corrected chi connectivity index (χ1v) is 14.6. The van der Waals surface area contributed by atoms with E-state index in [4.69, 9.17) is 14.2 Å². The smallest absolute Gasteiger partial charge is 0.412 e. The molecule has 4 rings (SSSR count). The van der Waals surface area contributed by atoms with Gasteiger partial charge in [-0.15, -0.1) is 0 Å². The van der Waals surface area contributed by atoms with Gasteiger partial charge in [0.2, 0.25) is 5.88 Å². The molecule has 43 heavy (non-hydrogen) atoms. The maximum atomic E-state index is 13.3. The number of rotatable bonds is 11. The predicted molar refractivity (Wildman–Crippen MR) is 160 cm³/mol. The van der Waals surface area contributed by atoms with Crippen LogP contribution >= 0.6 is 0 Å². The van der Waals surface area contributed by atoms with E-state index in [0.717, 1.165) is 24.2 Å². The predicted octanol–water partition coefficient (Wildman–Crippen LogP) is 2.65. The lowest BCUT2D eigenvalue weighted by molar-refractivity contribution is -0.177. The van der Waals surface area contributed by atoms with Gasteiger partial charge in [0, 0.05) is 57.5 Å². The van der Waals surface area contributed by atoms with Crippen LogP contribution in [0.15, 0.2) is 24.4 Å². The van der Waals surface area contributed by atoms with Crippen LogP contribution in [0, 0.1) is 0 Å². The Balaban J connectivity index is 1.55. The lowest BCUT2D eigenvalue weighted by atomic mass is 9.89. The van der Waals surface area contributed by atoms with Gasteiger partial charge < -0.3 is 40.0 Å². The molecule has 13 heteroatoms. The fourth-order valence-electron chi connectivity index (χ4n) is 4.82. The van der Waals surface area contributed by atoms with Gasteiger partial charge in [0.1, 0.15) is 23.3 Å². The number of amides is 2. The monoisotopic (exact) mass is 600 g/mol. The van der Waals surface area contributed by atoms with E-state index in [2.05, 4.69) is 20.6 Å². The molecule has 13 nitrogen and oxygen atoms in total. The van der Waals surface area contributed by atoms with Crippen LogP contribution in [0.2, 0.25) is 0 Å². The molecule has 1 fully saturated rings. The van der Waals surface area contributed by atoms with Crippen LogP contribution in [-0.2, 0) is 22.4 Å². The van der Waals surface area contributed by atoms with E-state index in [0.29, 0.717) is 46.8 Å². The van der Waals surface area contributed by atoms with Crippen molar-refractivity contribution in [3.8, 4) is 5.88 Å². The molecule has 0 radical (unpaired) electrons. The molecule has 2 atom stereocenters. The van der Waals surface area contributed by atoms with Crippen LogP contribution in [0.4, 0.5) is 16.4 Å². The summed E-state index contributed by atoms with van der Waals surface area (Å²) in [5.74, 6) is 1.08. The third kappa shape index (κ3) is 7.84. The molecule has 1 aliphatic carbocycles. The average molecular weight is 601 g/mol. The molecule has 2 amide bonds. The summed E-state index contributed by atoms with van der Waals surface area (Å²) in [6.45, 7) is 7.42. The van der Waals surface area contributed by atoms with Crippen LogP contribution in [-0.4, -0.2) is 94.6 Å². The van der Waals surface area contributed by atoms with Crippen LogP contribution in [0.5, 0.6) is 5.88 Å². The summed E-state index contributed by atoms with van der Waals surface area (Å²) in [5, 5.41) is 29.3. The van der Waals surface area contributed by atoms with E-state index < -0.39 is 29.4 Å². The lowest BCUT2D eigenvalue weighted by Crippen LogP contribution is -2.64. The van der Waals surface area contributed by atoms with Crippen molar-refractivity contribution >= 4 is 23.6 Å². The SMILES string of the molecule is CCN(C)c1cc(C(=O)NC[C@@H](O)[C@@]2(O)Cc3cnc(OCOC)cc3CN2C(=O)OC(C)(C)C)cc(NC2CCC2)n1. The summed E-state index contributed by atoms with van der Waals surface area (Å²) < 4.78 is 15.9. The number of hydrogen-bond donors (Lipinski definition) is 4. The van der Waals surface area contributed by atoms with E-state index in [-0.39, 0.29) is 26.3 Å². The lowest BCUT2D eigenvalue weighted by Gasteiger charge is -2.46. The van der Waals surface area contributed by atoms with Crippen molar-refractivity contribution in [3.05, 3.63) is 41.1 Å². The average Bonchev–Trinajstić information content (AvgIpc) is 2.94. The highest BCUT2D eigenvalue weighted by molar-refractivity contribution is 5.95. The first kappa shape index (κ1) is 32.2. The van der Waals surface area contributed by atoms with Crippen LogP contribution in [0.25, 0.3) is 0 Å². The summed E-state index contributed by atoms with van der Waals surface area (Å²) >= 11 is 0. The molecule has 0 saturated heterocycles. The second-order valence-corrected chi connectivity index (χ2v) is 12.1. The summed E-state index contributed by atoms with van der Waals surface area (Å²) in [6, 6.07) is 5.35. The van der Waals surface area contributed by atoms with Gasteiger partial charge in [0.15, 0.2) is 12.5 Å². The molecule has 3 heterocycles. The number of aliphatic hydroxyl groups is 2. The van der Waals surface area contributed by atoms with Crippen molar-refractivity contribution in [1.29, 1.82) is 0 Å². The Bertz CT molecular complexity index is 1300. The second kappa shape index (κ2) is 13.3. The van der Waals surface area contributed by atoms with Crippen molar-refractivity contribution in [3.63, 3.8) is 0 Å². The van der Waals surface area contributed by atoms with Gasteiger partial charge in [0.25, 0.3) is 5.91 Å². The zero-order chi connectivity index (χ0) is 31.4. The van der Waals surface area contributed by atoms with Gasteiger partial charge in [-0.1, -0.05) is 0 Å². The van der Waals surface area contributed by atoms with Gasteiger partial charge in [0.05, 0.1) is 6.54 Å². The Morgan fingerprint density at radius 2 is 1.98 bits per heavy atom. The number of carbonyl (C=O) groups is 2. The Labute approximate surface area is 252 Å². The fourth-order valence-corrected chi connectivity index (χ4v) is 4.82. The standard InChI is InChI=1S/C30H44N6O7/c1-7-35(5)25-12-19(11-24(34-25)33-22-9-8-10-22)27(38)32-16-23(37)30(40)14-21-15-31-26(42-18-41-6)13-20(21)17-36(30)28(39)43-29(2,3)4/h11-13,15,22-23,37,40H,7-10,14,16-18H2,1-6H3,(H,32,38)(H,33,34)/t23-,30+/m1/s1. The molecule has 2 aromatic heterocycles. The number of pyridine rings is 2. The van der Waals surface area contributed by atoms with Gasteiger partial charge in [-0.05, 0) is 70.2 Å².